The predicted molar refractivity (Wildman–Crippen MR) is 305 cm³/mol. The van der Waals surface area contributed by atoms with Crippen molar-refractivity contribution < 1.29 is 0 Å². The van der Waals surface area contributed by atoms with Crippen molar-refractivity contribution in [2.24, 2.45) is 0 Å². The molecule has 0 aliphatic rings. The minimum atomic E-state index is 1.09. The Labute approximate surface area is 416 Å². The molecule has 0 atom stereocenters. The zero-order valence-electron chi connectivity index (χ0n) is 38.7. The van der Waals surface area contributed by atoms with Gasteiger partial charge in [-0.15, -0.1) is 11.3 Å². The Morgan fingerprint density at radius 3 is 1.69 bits per heavy atom. The van der Waals surface area contributed by atoms with Crippen molar-refractivity contribution in [3.63, 3.8) is 0 Å². The van der Waals surface area contributed by atoms with Crippen LogP contribution in [-0.2, 0) is 0 Å². The Balaban J connectivity index is 0.918. The molecule has 71 heavy (non-hydrogen) atoms. The molecule has 0 N–H and O–H groups in total. The van der Waals surface area contributed by atoms with Crippen molar-refractivity contribution in [1.29, 1.82) is 0 Å². The fourth-order valence-electron chi connectivity index (χ4n) is 11.0. The van der Waals surface area contributed by atoms with Gasteiger partial charge in [0, 0.05) is 47.7 Å². The van der Waals surface area contributed by atoms with E-state index in [1.54, 1.807) is 0 Å². The number of anilines is 3. The van der Waals surface area contributed by atoms with Gasteiger partial charge >= 0.3 is 0 Å². The van der Waals surface area contributed by atoms with Crippen LogP contribution in [0.1, 0.15) is 0 Å². The van der Waals surface area contributed by atoms with Gasteiger partial charge in [0.15, 0.2) is 0 Å². The lowest BCUT2D eigenvalue weighted by Gasteiger charge is -2.27. The van der Waals surface area contributed by atoms with Crippen LogP contribution in [0.25, 0.3) is 114 Å². The second-order valence-electron chi connectivity index (χ2n) is 18.4. The van der Waals surface area contributed by atoms with Crippen LogP contribution in [0.4, 0.5) is 17.1 Å². The summed E-state index contributed by atoms with van der Waals surface area (Å²) in [5.41, 5.74) is 16.6. The molecule has 12 aromatic carbocycles. The summed E-state index contributed by atoms with van der Waals surface area (Å²) in [6.45, 7) is 0. The van der Waals surface area contributed by atoms with Crippen LogP contribution in [0.5, 0.6) is 0 Å². The first-order valence-electron chi connectivity index (χ1n) is 24.3. The normalized spacial score (nSPS) is 11.7. The average molecular weight is 921 g/mol. The summed E-state index contributed by atoms with van der Waals surface area (Å²) in [6, 6.07) is 97.9. The molecule has 0 radical (unpaired) electrons. The van der Waals surface area contributed by atoms with Crippen LogP contribution in [-0.4, -0.2) is 4.57 Å². The second-order valence-corrected chi connectivity index (χ2v) is 19.5. The lowest BCUT2D eigenvalue weighted by atomic mass is 9.97. The number of aromatic nitrogens is 1. The highest BCUT2D eigenvalue weighted by molar-refractivity contribution is 7.26. The first-order valence-corrected chi connectivity index (χ1v) is 25.1. The molecule has 0 fully saturated rings. The van der Waals surface area contributed by atoms with E-state index < -0.39 is 0 Å². The molecule has 0 saturated heterocycles. The summed E-state index contributed by atoms with van der Waals surface area (Å²) >= 11 is 1.88. The van der Waals surface area contributed by atoms with Crippen LogP contribution in [0.2, 0.25) is 0 Å². The molecule has 2 heterocycles. The number of para-hydroxylation sites is 1. The molecule has 332 valence electrons. The fraction of sp³-hybridized carbons (Fsp3) is 0. The van der Waals surface area contributed by atoms with E-state index in [-0.39, 0.29) is 0 Å². The molecule has 2 aromatic heterocycles. The molecule has 14 aromatic rings. The van der Waals surface area contributed by atoms with Gasteiger partial charge in [0.1, 0.15) is 0 Å². The summed E-state index contributed by atoms with van der Waals surface area (Å²) in [7, 11) is 0. The maximum atomic E-state index is 2.46. The van der Waals surface area contributed by atoms with E-state index in [1.807, 2.05) is 11.3 Å². The maximum absolute atomic E-state index is 2.46. The average Bonchev–Trinajstić information content (AvgIpc) is 4.00. The number of thiophene rings is 1. The van der Waals surface area contributed by atoms with Crippen molar-refractivity contribution >= 4 is 91.9 Å². The van der Waals surface area contributed by atoms with Crippen LogP contribution >= 0.6 is 11.3 Å². The molecular formula is C68H44N2S. The van der Waals surface area contributed by atoms with E-state index >= 15 is 0 Å². The standard InChI is InChI=1S/C68H44N2S/c1-2-16-48(17-3-1)58-41-42-64(67-60-25-9-11-30-65(60)71-68(58)67)69(54-37-33-46(34-38-54)51-21-12-22-52(43-51)53-32-31-45-15-4-5-19-50(45)44-53)55-39-35-49(36-40-55)57-26-14-29-63-66(57)59-24-8-10-27-62(59)70(63)61-28-13-20-47-18-6-7-23-56(47)61/h1-44H. The summed E-state index contributed by atoms with van der Waals surface area (Å²) in [4.78, 5) is 2.46. The third-order valence-electron chi connectivity index (χ3n) is 14.4. The molecular weight excluding hydrogens is 877 g/mol. The number of fused-ring (bicyclic) bond motifs is 8. The van der Waals surface area contributed by atoms with Gasteiger partial charge in [-0.05, 0) is 127 Å². The van der Waals surface area contributed by atoms with Crippen LogP contribution in [0.3, 0.4) is 0 Å². The molecule has 0 unspecified atom stereocenters. The molecule has 14 rings (SSSR count). The number of rotatable bonds is 8. The minimum absolute atomic E-state index is 1.09. The van der Waals surface area contributed by atoms with Gasteiger partial charge in [0.25, 0.3) is 0 Å². The quantitative estimate of drug-likeness (QED) is 0.147. The van der Waals surface area contributed by atoms with Crippen molar-refractivity contribution in [2.45, 2.75) is 0 Å². The van der Waals surface area contributed by atoms with Crippen molar-refractivity contribution in [3.8, 4) is 50.2 Å². The first kappa shape index (κ1) is 41.0. The van der Waals surface area contributed by atoms with E-state index in [0.717, 1.165) is 17.1 Å². The topological polar surface area (TPSA) is 8.17 Å². The highest BCUT2D eigenvalue weighted by atomic mass is 32.1. The van der Waals surface area contributed by atoms with Crippen molar-refractivity contribution in [1.82, 2.24) is 4.57 Å². The van der Waals surface area contributed by atoms with Gasteiger partial charge in [-0.2, -0.15) is 0 Å². The number of nitrogens with zero attached hydrogens (tertiary/aromatic N) is 2. The van der Waals surface area contributed by atoms with E-state index in [0.29, 0.717) is 0 Å². The fourth-order valence-corrected chi connectivity index (χ4v) is 12.3. The first-order chi connectivity index (χ1) is 35.2. The maximum Gasteiger partial charge on any atom is 0.0555 e. The molecule has 0 saturated carbocycles. The Morgan fingerprint density at radius 2 is 0.873 bits per heavy atom. The smallest absolute Gasteiger partial charge is 0.0555 e. The SMILES string of the molecule is c1ccc(-c2ccc(N(c3ccc(-c4cccc(-c5ccc6ccccc6c5)c4)cc3)c3ccc(-c4cccc5c4c4ccccc4n5-c4cccc5ccccc45)cc3)c3c2sc2ccccc23)cc1. The summed E-state index contributed by atoms with van der Waals surface area (Å²) < 4.78 is 5.01. The molecule has 2 nitrogen and oxygen atoms in total. The summed E-state index contributed by atoms with van der Waals surface area (Å²) in [5, 5.41) is 9.98. The van der Waals surface area contributed by atoms with Crippen molar-refractivity contribution in [2.75, 3.05) is 4.90 Å². The Kier molecular flexibility index (Phi) is 9.75. The van der Waals surface area contributed by atoms with E-state index in [2.05, 4.69) is 276 Å². The predicted octanol–water partition coefficient (Wildman–Crippen LogP) is 19.6. The molecule has 0 aliphatic carbocycles. The van der Waals surface area contributed by atoms with Crippen LogP contribution in [0, 0.1) is 0 Å². The Morgan fingerprint density at radius 1 is 0.310 bits per heavy atom. The Hall–Kier alpha value is -9.02. The highest BCUT2D eigenvalue weighted by Gasteiger charge is 2.23. The number of hydrogen-bond acceptors (Lipinski definition) is 2. The van der Waals surface area contributed by atoms with Crippen LogP contribution < -0.4 is 4.90 Å². The molecule has 0 aliphatic heterocycles. The highest BCUT2D eigenvalue weighted by Crippen LogP contribution is 2.49. The summed E-state index contributed by atoms with van der Waals surface area (Å²) in [5.74, 6) is 0. The zero-order chi connectivity index (χ0) is 46.8. The third kappa shape index (κ3) is 6.93. The second kappa shape index (κ2) is 16.9. The van der Waals surface area contributed by atoms with Gasteiger partial charge in [-0.1, -0.05) is 200 Å². The number of benzene rings is 12. The lowest BCUT2D eigenvalue weighted by molar-refractivity contribution is 1.20. The summed E-state index contributed by atoms with van der Waals surface area (Å²) in [6.07, 6.45) is 0. The lowest BCUT2D eigenvalue weighted by Crippen LogP contribution is -2.10. The monoisotopic (exact) mass is 920 g/mol. The van der Waals surface area contributed by atoms with E-state index in [1.165, 1.54) is 114 Å². The molecule has 3 heteroatoms. The largest absolute Gasteiger partial charge is 0.310 e. The van der Waals surface area contributed by atoms with E-state index in [9.17, 15) is 0 Å². The van der Waals surface area contributed by atoms with Gasteiger partial charge < -0.3 is 9.47 Å². The third-order valence-corrected chi connectivity index (χ3v) is 15.6. The zero-order valence-corrected chi connectivity index (χ0v) is 39.5. The van der Waals surface area contributed by atoms with E-state index in [4.69, 9.17) is 0 Å². The molecule has 0 spiro atoms. The minimum Gasteiger partial charge on any atom is -0.310 e. The molecule has 0 amide bonds. The molecule has 0 bridgehead atoms. The van der Waals surface area contributed by atoms with Gasteiger partial charge in [-0.25, -0.2) is 0 Å². The van der Waals surface area contributed by atoms with Gasteiger partial charge in [-0.3, -0.25) is 0 Å². The number of hydrogen-bond donors (Lipinski definition) is 0. The van der Waals surface area contributed by atoms with Crippen LogP contribution in [0.15, 0.2) is 267 Å². The Bertz CT molecular complexity index is 4330. The van der Waals surface area contributed by atoms with Gasteiger partial charge in [0.05, 0.1) is 22.4 Å². The van der Waals surface area contributed by atoms with Gasteiger partial charge in [0.2, 0.25) is 0 Å². The van der Waals surface area contributed by atoms with Crippen molar-refractivity contribution in [3.05, 3.63) is 267 Å².